The Kier molecular flexibility index (Phi) is 5.64. The van der Waals surface area contributed by atoms with Crippen LogP contribution in [0.5, 0.6) is 0 Å². The molecule has 6 heteroatoms. The minimum absolute atomic E-state index is 0.00198. The minimum atomic E-state index is -0.204. The van der Waals surface area contributed by atoms with Crippen LogP contribution in [-0.2, 0) is 0 Å². The van der Waals surface area contributed by atoms with Crippen molar-refractivity contribution in [2.75, 3.05) is 16.8 Å². The maximum Gasteiger partial charge on any atom is 0.260 e. The number of hydrogen-bond acceptors (Lipinski definition) is 5. The Morgan fingerprint density at radius 2 is 1.62 bits per heavy atom. The molecule has 1 aliphatic rings. The molecule has 34 heavy (non-hydrogen) atoms. The number of carbonyl (C=O) groups is 2. The van der Waals surface area contributed by atoms with Crippen LogP contribution in [0.3, 0.4) is 0 Å². The van der Waals surface area contributed by atoms with Gasteiger partial charge < -0.3 is 5.32 Å². The molecule has 0 saturated heterocycles. The first-order valence-electron chi connectivity index (χ1n) is 11.3. The second kappa shape index (κ2) is 8.90. The summed E-state index contributed by atoms with van der Waals surface area (Å²) in [5.74, 6) is 0.690. The molecule has 1 aromatic heterocycles. The molecule has 0 spiro atoms. The van der Waals surface area contributed by atoms with Gasteiger partial charge in [-0.05, 0) is 37.1 Å². The lowest BCUT2D eigenvalue weighted by Crippen LogP contribution is -2.32. The first-order valence-corrected chi connectivity index (χ1v) is 11.3. The minimum Gasteiger partial charge on any atom is -0.348 e. The van der Waals surface area contributed by atoms with E-state index in [4.69, 9.17) is 0 Å². The van der Waals surface area contributed by atoms with Gasteiger partial charge in [-0.15, -0.1) is 0 Å². The van der Waals surface area contributed by atoms with Crippen molar-refractivity contribution >= 4 is 23.5 Å². The van der Waals surface area contributed by atoms with E-state index in [0.717, 1.165) is 11.1 Å². The van der Waals surface area contributed by atoms with Crippen LogP contribution in [0.15, 0.2) is 85.1 Å². The van der Waals surface area contributed by atoms with Gasteiger partial charge in [0.2, 0.25) is 5.95 Å². The molecule has 0 radical (unpaired) electrons. The van der Waals surface area contributed by atoms with E-state index in [1.807, 2.05) is 62.4 Å². The van der Waals surface area contributed by atoms with Crippen molar-refractivity contribution in [2.24, 2.45) is 0 Å². The van der Waals surface area contributed by atoms with Crippen molar-refractivity contribution in [3.05, 3.63) is 107 Å². The van der Waals surface area contributed by atoms with Crippen LogP contribution in [0, 0.1) is 0 Å². The molecule has 1 N–H and O–H groups in total. The van der Waals surface area contributed by atoms with Gasteiger partial charge in [0, 0.05) is 35.0 Å². The van der Waals surface area contributed by atoms with Crippen LogP contribution in [-0.4, -0.2) is 28.2 Å². The molecule has 0 aliphatic heterocycles. The zero-order chi connectivity index (χ0) is 23.7. The van der Waals surface area contributed by atoms with E-state index in [1.165, 1.54) is 0 Å². The van der Waals surface area contributed by atoms with Crippen molar-refractivity contribution in [2.45, 2.75) is 19.9 Å². The molecular formula is C28H24N4O2. The summed E-state index contributed by atoms with van der Waals surface area (Å²) < 4.78 is 0. The van der Waals surface area contributed by atoms with Gasteiger partial charge >= 0.3 is 0 Å². The summed E-state index contributed by atoms with van der Waals surface area (Å²) in [6.07, 6.45) is 1.65. The number of anilines is 2. The Balaban J connectivity index is 1.47. The average molecular weight is 449 g/mol. The number of rotatable bonds is 6. The first-order chi connectivity index (χ1) is 16.6. The molecule has 1 aliphatic carbocycles. The van der Waals surface area contributed by atoms with Gasteiger partial charge in [0.15, 0.2) is 5.78 Å². The summed E-state index contributed by atoms with van der Waals surface area (Å²) in [5.41, 5.74) is 4.28. The zero-order valence-electron chi connectivity index (χ0n) is 19.0. The van der Waals surface area contributed by atoms with Crippen LogP contribution in [0.25, 0.3) is 11.1 Å². The van der Waals surface area contributed by atoms with Gasteiger partial charge in [0.25, 0.3) is 5.91 Å². The number of amides is 1. The number of aromatic nitrogens is 2. The van der Waals surface area contributed by atoms with E-state index in [0.29, 0.717) is 40.6 Å². The first kappa shape index (κ1) is 21.5. The Bertz CT molecular complexity index is 1380. The quantitative estimate of drug-likeness (QED) is 0.370. The Morgan fingerprint density at radius 1 is 0.912 bits per heavy atom. The van der Waals surface area contributed by atoms with Crippen molar-refractivity contribution in [3.8, 4) is 11.1 Å². The van der Waals surface area contributed by atoms with E-state index in [1.54, 1.807) is 41.4 Å². The van der Waals surface area contributed by atoms with E-state index >= 15 is 0 Å². The van der Waals surface area contributed by atoms with Crippen molar-refractivity contribution in [3.63, 3.8) is 0 Å². The van der Waals surface area contributed by atoms with Crippen LogP contribution >= 0.6 is 0 Å². The summed E-state index contributed by atoms with van der Waals surface area (Å²) in [6.45, 7) is 4.36. The standard InChI is InChI=1S/C28H24N4O2/c1-3-32(24-16-17-29-28(31-24)30-18(2)19-10-5-4-6-11-19)27(34)23-15-9-14-22-25(23)20-12-7-8-13-21(20)26(22)33/h4-18H,3H2,1-2H3,(H,29,30,31)/t18-/m0/s1. The smallest absolute Gasteiger partial charge is 0.260 e. The fraction of sp³-hybridized carbons (Fsp3) is 0.143. The number of hydrogen-bond donors (Lipinski definition) is 1. The maximum atomic E-state index is 13.7. The van der Waals surface area contributed by atoms with Crippen LogP contribution in [0.1, 0.15) is 51.7 Å². The number of fused-ring (bicyclic) bond motifs is 3. The lowest BCUT2D eigenvalue weighted by molar-refractivity contribution is 0.0988. The predicted octanol–water partition coefficient (Wildman–Crippen LogP) is 5.53. The second-order valence-corrected chi connectivity index (χ2v) is 8.17. The van der Waals surface area contributed by atoms with Gasteiger partial charge in [-0.2, -0.15) is 4.98 Å². The van der Waals surface area contributed by atoms with Crippen molar-refractivity contribution in [1.82, 2.24) is 9.97 Å². The van der Waals surface area contributed by atoms with Crippen molar-refractivity contribution < 1.29 is 9.59 Å². The normalized spacial score (nSPS) is 12.6. The third-order valence-corrected chi connectivity index (χ3v) is 6.10. The SMILES string of the molecule is CCN(C(=O)c1cccc2c1-c1ccccc1C2=O)c1ccnc(N[C@@H](C)c2ccccc2)n1. The fourth-order valence-corrected chi connectivity index (χ4v) is 4.40. The summed E-state index contributed by atoms with van der Waals surface area (Å²) in [5, 5.41) is 3.31. The molecule has 1 amide bonds. The fourth-order valence-electron chi connectivity index (χ4n) is 4.40. The number of carbonyl (C=O) groups excluding carboxylic acids is 2. The summed E-state index contributed by atoms with van der Waals surface area (Å²) in [6, 6.07) is 24.5. The van der Waals surface area contributed by atoms with Crippen LogP contribution in [0.4, 0.5) is 11.8 Å². The number of nitrogens with one attached hydrogen (secondary N) is 1. The number of ketones is 1. The lowest BCUT2D eigenvalue weighted by atomic mass is 9.98. The molecule has 5 rings (SSSR count). The average Bonchev–Trinajstić information content (AvgIpc) is 3.17. The van der Waals surface area contributed by atoms with Gasteiger partial charge in [0.1, 0.15) is 5.82 Å². The van der Waals surface area contributed by atoms with E-state index in [2.05, 4.69) is 15.3 Å². The molecule has 4 aromatic rings. The highest BCUT2D eigenvalue weighted by atomic mass is 16.2. The van der Waals surface area contributed by atoms with E-state index in [-0.39, 0.29) is 17.7 Å². The van der Waals surface area contributed by atoms with Crippen molar-refractivity contribution in [1.29, 1.82) is 0 Å². The third kappa shape index (κ3) is 3.73. The second-order valence-electron chi connectivity index (χ2n) is 8.17. The maximum absolute atomic E-state index is 13.7. The zero-order valence-corrected chi connectivity index (χ0v) is 19.0. The van der Waals surface area contributed by atoms with Gasteiger partial charge in [-0.25, -0.2) is 4.98 Å². The predicted molar refractivity (Wildman–Crippen MR) is 133 cm³/mol. The number of benzene rings is 3. The largest absolute Gasteiger partial charge is 0.348 e. The molecule has 1 atom stereocenters. The Labute approximate surface area is 198 Å². The molecule has 3 aromatic carbocycles. The lowest BCUT2D eigenvalue weighted by Gasteiger charge is -2.22. The Morgan fingerprint density at radius 3 is 2.38 bits per heavy atom. The highest BCUT2D eigenvalue weighted by molar-refractivity contribution is 6.25. The van der Waals surface area contributed by atoms with Gasteiger partial charge in [-0.3, -0.25) is 14.5 Å². The molecule has 0 fully saturated rings. The third-order valence-electron chi connectivity index (χ3n) is 6.10. The molecule has 6 nitrogen and oxygen atoms in total. The molecule has 0 bridgehead atoms. The van der Waals surface area contributed by atoms with E-state index < -0.39 is 0 Å². The van der Waals surface area contributed by atoms with Gasteiger partial charge in [-0.1, -0.05) is 66.7 Å². The van der Waals surface area contributed by atoms with Crippen LogP contribution < -0.4 is 10.2 Å². The van der Waals surface area contributed by atoms with Gasteiger partial charge in [0.05, 0.1) is 6.04 Å². The highest BCUT2D eigenvalue weighted by Crippen LogP contribution is 2.39. The monoisotopic (exact) mass is 448 g/mol. The highest BCUT2D eigenvalue weighted by Gasteiger charge is 2.31. The molecule has 0 unspecified atom stereocenters. The summed E-state index contributed by atoms with van der Waals surface area (Å²) in [7, 11) is 0. The van der Waals surface area contributed by atoms with E-state index in [9.17, 15) is 9.59 Å². The van der Waals surface area contributed by atoms with Crippen LogP contribution in [0.2, 0.25) is 0 Å². The molecule has 1 heterocycles. The molecular weight excluding hydrogens is 424 g/mol. The molecule has 168 valence electrons. The molecule has 0 saturated carbocycles. The Hall–Kier alpha value is -4.32. The number of nitrogens with zero attached hydrogens (tertiary/aromatic N) is 3. The topological polar surface area (TPSA) is 75.2 Å². The summed E-state index contributed by atoms with van der Waals surface area (Å²) in [4.78, 5) is 37.2. The summed E-state index contributed by atoms with van der Waals surface area (Å²) >= 11 is 0.